The summed E-state index contributed by atoms with van der Waals surface area (Å²) in [5, 5.41) is 2.12. The molecule has 5 heteroatoms. The van der Waals surface area contributed by atoms with E-state index in [9.17, 15) is 9.18 Å². The van der Waals surface area contributed by atoms with Crippen LogP contribution in [-0.4, -0.2) is 35.3 Å². The first-order valence-corrected chi connectivity index (χ1v) is 11.0. The number of fused-ring (bicyclic) bond motifs is 1. The minimum Gasteiger partial charge on any atom is -0.335 e. The van der Waals surface area contributed by atoms with Crippen molar-refractivity contribution >= 4 is 17.2 Å². The average Bonchev–Trinajstić information content (AvgIpc) is 3.29. The molecule has 3 atom stereocenters. The molecule has 1 amide bonds. The van der Waals surface area contributed by atoms with Crippen molar-refractivity contribution in [1.29, 1.82) is 0 Å². The van der Waals surface area contributed by atoms with Gasteiger partial charge in [0, 0.05) is 43.4 Å². The first-order chi connectivity index (χ1) is 13.3. The highest BCUT2D eigenvalue weighted by Crippen LogP contribution is 2.46. The molecular formula is C23H29FN2OS. The average molecular weight is 401 g/mol. The molecule has 0 radical (unpaired) electrons. The molecular weight excluding hydrogens is 371 g/mol. The summed E-state index contributed by atoms with van der Waals surface area (Å²) in [6.45, 7) is 10.0. The van der Waals surface area contributed by atoms with E-state index in [1.165, 1.54) is 10.9 Å². The second-order valence-electron chi connectivity index (χ2n) is 9.48. The number of carbonyl (C=O) groups is 1. The number of benzene rings is 1. The van der Waals surface area contributed by atoms with Gasteiger partial charge in [-0.05, 0) is 40.5 Å². The number of halogens is 1. The third kappa shape index (κ3) is 4.15. The van der Waals surface area contributed by atoms with E-state index in [2.05, 4.69) is 43.2 Å². The summed E-state index contributed by atoms with van der Waals surface area (Å²) in [7, 11) is 0. The van der Waals surface area contributed by atoms with E-state index in [0.717, 1.165) is 31.7 Å². The third-order valence-corrected chi connectivity index (χ3v) is 6.75. The van der Waals surface area contributed by atoms with Crippen LogP contribution in [0, 0.1) is 23.1 Å². The second kappa shape index (κ2) is 7.60. The molecule has 3 nitrogen and oxygen atoms in total. The van der Waals surface area contributed by atoms with Gasteiger partial charge < -0.3 is 4.90 Å². The van der Waals surface area contributed by atoms with Crippen LogP contribution in [0.15, 0.2) is 41.8 Å². The molecule has 3 heterocycles. The lowest BCUT2D eigenvalue weighted by atomic mass is 9.88. The number of hydrogen-bond acceptors (Lipinski definition) is 3. The normalized spacial score (nSPS) is 25.3. The van der Waals surface area contributed by atoms with Gasteiger partial charge in [-0.25, -0.2) is 4.39 Å². The van der Waals surface area contributed by atoms with Crippen LogP contribution in [0.4, 0.5) is 4.39 Å². The number of thiophene rings is 1. The minimum absolute atomic E-state index is 0.0242. The molecule has 0 bridgehead atoms. The smallest absolute Gasteiger partial charge is 0.223 e. The summed E-state index contributed by atoms with van der Waals surface area (Å²) < 4.78 is 14.0. The van der Waals surface area contributed by atoms with E-state index >= 15 is 0 Å². The molecule has 0 spiro atoms. The van der Waals surface area contributed by atoms with Crippen molar-refractivity contribution in [3.05, 3.63) is 58.0 Å². The van der Waals surface area contributed by atoms with Gasteiger partial charge in [0.15, 0.2) is 0 Å². The number of amides is 1. The van der Waals surface area contributed by atoms with E-state index in [4.69, 9.17) is 0 Å². The van der Waals surface area contributed by atoms with Gasteiger partial charge in [-0.2, -0.15) is 0 Å². The topological polar surface area (TPSA) is 23.6 Å². The van der Waals surface area contributed by atoms with Crippen molar-refractivity contribution < 1.29 is 9.18 Å². The largest absolute Gasteiger partial charge is 0.335 e. The predicted octanol–water partition coefficient (Wildman–Crippen LogP) is 4.95. The SMILES string of the molecule is CC(C)(C)CC(=O)N1C[C@@H]2CN(Cc3cccs3)C[C@@H]2[C@H]1c1cccc(F)c1. The Kier molecular flexibility index (Phi) is 5.32. The predicted molar refractivity (Wildman–Crippen MR) is 112 cm³/mol. The van der Waals surface area contributed by atoms with Gasteiger partial charge in [-0.3, -0.25) is 9.69 Å². The quantitative estimate of drug-likeness (QED) is 0.725. The summed E-state index contributed by atoms with van der Waals surface area (Å²) in [6.07, 6.45) is 0.525. The minimum atomic E-state index is -0.224. The Morgan fingerprint density at radius 1 is 1.18 bits per heavy atom. The van der Waals surface area contributed by atoms with Gasteiger partial charge in [-0.15, -0.1) is 11.3 Å². The van der Waals surface area contributed by atoms with Crippen molar-refractivity contribution in [2.45, 2.75) is 39.8 Å². The highest BCUT2D eigenvalue weighted by Gasteiger charge is 2.49. The maximum absolute atomic E-state index is 14.0. The lowest BCUT2D eigenvalue weighted by molar-refractivity contribution is -0.134. The van der Waals surface area contributed by atoms with Gasteiger partial charge >= 0.3 is 0 Å². The Balaban J connectivity index is 1.57. The zero-order chi connectivity index (χ0) is 19.9. The van der Waals surface area contributed by atoms with Crippen molar-refractivity contribution in [3.63, 3.8) is 0 Å². The van der Waals surface area contributed by atoms with E-state index in [1.807, 2.05) is 11.0 Å². The zero-order valence-corrected chi connectivity index (χ0v) is 17.7. The van der Waals surface area contributed by atoms with Crippen LogP contribution in [-0.2, 0) is 11.3 Å². The van der Waals surface area contributed by atoms with Gasteiger partial charge in [0.25, 0.3) is 0 Å². The lowest BCUT2D eigenvalue weighted by Crippen LogP contribution is -2.37. The summed E-state index contributed by atoms with van der Waals surface area (Å²) in [6, 6.07) is 11.1. The number of hydrogen-bond donors (Lipinski definition) is 0. The molecule has 150 valence electrons. The summed E-state index contributed by atoms with van der Waals surface area (Å²) in [5.74, 6) is 0.793. The molecule has 2 fully saturated rings. The lowest BCUT2D eigenvalue weighted by Gasteiger charge is -2.32. The Morgan fingerprint density at radius 3 is 2.68 bits per heavy atom. The van der Waals surface area contributed by atoms with Crippen LogP contribution in [0.1, 0.15) is 43.7 Å². The Bertz CT molecular complexity index is 829. The van der Waals surface area contributed by atoms with Gasteiger partial charge in [0.2, 0.25) is 5.91 Å². The second-order valence-corrected chi connectivity index (χ2v) is 10.5. The molecule has 2 aromatic rings. The third-order valence-electron chi connectivity index (χ3n) is 5.89. The molecule has 4 rings (SSSR count). The van der Waals surface area contributed by atoms with Crippen LogP contribution in [0.3, 0.4) is 0 Å². The van der Waals surface area contributed by atoms with Crippen LogP contribution < -0.4 is 0 Å². The fraction of sp³-hybridized carbons (Fsp3) is 0.522. The summed E-state index contributed by atoms with van der Waals surface area (Å²) >= 11 is 1.79. The van der Waals surface area contributed by atoms with E-state index in [0.29, 0.717) is 18.3 Å². The highest BCUT2D eigenvalue weighted by molar-refractivity contribution is 7.09. The molecule has 2 saturated heterocycles. The van der Waals surface area contributed by atoms with Gasteiger partial charge in [0.1, 0.15) is 5.82 Å². The zero-order valence-electron chi connectivity index (χ0n) is 16.9. The maximum atomic E-state index is 14.0. The standard InChI is InChI=1S/C23H29FN2OS/c1-23(2,3)11-21(27)26-13-17-12-25(14-19-8-5-9-28-19)15-20(17)22(26)16-6-4-7-18(24)10-16/h4-10,17,20,22H,11-15H2,1-3H3/t17-,20-,22+/m0/s1. The highest BCUT2D eigenvalue weighted by atomic mass is 32.1. The summed E-state index contributed by atoms with van der Waals surface area (Å²) in [5.41, 5.74) is 0.889. The number of likely N-dealkylation sites (tertiary alicyclic amines) is 2. The van der Waals surface area contributed by atoms with Crippen molar-refractivity contribution in [2.24, 2.45) is 17.3 Å². The first kappa shape index (κ1) is 19.6. The molecule has 1 aromatic heterocycles. The molecule has 2 aliphatic heterocycles. The fourth-order valence-corrected chi connectivity index (χ4v) is 5.56. The number of nitrogens with zero attached hydrogens (tertiary/aromatic N) is 2. The molecule has 0 unspecified atom stereocenters. The maximum Gasteiger partial charge on any atom is 0.223 e. The molecule has 1 aromatic carbocycles. The summed E-state index contributed by atoms with van der Waals surface area (Å²) in [4.78, 5) is 19.0. The molecule has 0 aliphatic carbocycles. The Morgan fingerprint density at radius 2 is 2.00 bits per heavy atom. The molecule has 0 N–H and O–H groups in total. The number of rotatable bonds is 4. The van der Waals surface area contributed by atoms with Crippen molar-refractivity contribution in [3.8, 4) is 0 Å². The first-order valence-electron chi connectivity index (χ1n) is 10.1. The Labute approximate surface area is 171 Å². The van der Waals surface area contributed by atoms with Crippen LogP contribution in [0.5, 0.6) is 0 Å². The molecule has 28 heavy (non-hydrogen) atoms. The monoisotopic (exact) mass is 400 g/mol. The molecule has 0 saturated carbocycles. The van der Waals surface area contributed by atoms with Crippen LogP contribution in [0.25, 0.3) is 0 Å². The Hall–Kier alpha value is -1.72. The van der Waals surface area contributed by atoms with Crippen molar-refractivity contribution in [2.75, 3.05) is 19.6 Å². The number of carbonyl (C=O) groups excluding carboxylic acids is 1. The van der Waals surface area contributed by atoms with Gasteiger partial charge in [0.05, 0.1) is 6.04 Å². The van der Waals surface area contributed by atoms with E-state index in [-0.39, 0.29) is 23.2 Å². The fourth-order valence-electron chi connectivity index (χ4n) is 4.82. The van der Waals surface area contributed by atoms with Crippen LogP contribution in [0.2, 0.25) is 0 Å². The van der Waals surface area contributed by atoms with E-state index < -0.39 is 0 Å². The van der Waals surface area contributed by atoms with E-state index in [1.54, 1.807) is 23.5 Å². The molecule has 2 aliphatic rings. The van der Waals surface area contributed by atoms with Gasteiger partial charge in [-0.1, -0.05) is 39.0 Å². The van der Waals surface area contributed by atoms with Crippen molar-refractivity contribution in [1.82, 2.24) is 9.80 Å². The van der Waals surface area contributed by atoms with Crippen LogP contribution >= 0.6 is 11.3 Å².